The third-order valence-electron chi connectivity index (χ3n) is 6.59. The highest BCUT2D eigenvalue weighted by Gasteiger charge is 2.30. The topological polar surface area (TPSA) is 56.1 Å². The first kappa shape index (κ1) is 21.1. The number of anilines is 1. The number of hydrogen-bond donors (Lipinski definition) is 1. The quantitative estimate of drug-likeness (QED) is 0.688. The van der Waals surface area contributed by atoms with Gasteiger partial charge in [0, 0.05) is 30.4 Å². The lowest BCUT2D eigenvalue weighted by molar-refractivity contribution is -0.118. The highest BCUT2D eigenvalue weighted by atomic mass is 32.1. The van der Waals surface area contributed by atoms with Crippen molar-refractivity contribution >= 4 is 22.2 Å². The van der Waals surface area contributed by atoms with Gasteiger partial charge in [-0.1, -0.05) is 31.2 Å². The van der Waals surface area contributed by atoms with Crippen molar-refractivity contribution < 1.29 is 4.79 Å². The lowest BCUT2D eigenvalue weighted by Gasteiger charge is -2.25. The van der Waals surface area contributed by atoms with Gasteiger partial charge < -0.3 is 10.2 Å². The Bertz CT molecular complexity index is 958. The highest BCUT2D eigenvalue weighted by molar-refractivity contribution is 7.16. The molecule has 0 saturated heterocycles. The van der Waals surface area contributed by atoms with Gasteiger partial charge in [0.15, 0.2) is 0 Å². The lowest BCUT2D eigenvalue weighted by atomic mass is 9.91. The minimum absolute atomic E-state index is 0.129. The van der Waals surface area contributed by atoms with Crippen LogP contribution in [-0.4, -0.2) is 25.0 Å². The summed E-state index contributed by atoms with van der Waals surface area (Å²) >= 11 is 1.67. The maximum absolute atomic E-state index is 12.6. The summed E-state index contributed by atoms with van der Waals surface area (Å²) in [6, 6.07) is 11.7. The van der Waals surface area contributed by atoms with Crippen LogP contribution >= 0.6 is 11.3 Å². The van der Waals surface area contributed by atoms with E-state index in [1.54, 1.807) is 11.3 Å². The van der Waals surface area contributed by atoms with Crippen molar-refractivity contribution in [3.05, 3.63) is 51.4 Å². The van der Waals surface area contributed by atoms with Gasteiger partial charge in [-0.2, -0.15) is 5.26 Å². The van der Waals surface area contributed by atoms with Gasteiger partial charge in [-0.15, -0.1) is 11.3 Å². The van der Waals surface area contributed by atoms with E-state index in [0.717, 1.165) is 42.8 Å². The number of aryl methyl sites for hydroxylation is 1. The summed E-state index contributed by atoms with van der Waals surface area (Å²) in [5, 5.41) is 14.5. The third kappa shape index (κ3) is 4.04. The molecule has 0 aliphatic heterocycles. The molecule has 30 heavy (non-hydrogen) atoms. The molecule has 1 N–H and O–H groups in total. The van der Waals surface area contributed by atoms with Gasteiger partial charge in [-0.3, -0.25) is 4.79 Å². The highest BCUT2D eigenvalue weighted by Crippen LogP contribution is 2.40. The lowest BCUT2D eigenvalue weighted by Crippen LogP contribution is -2.36. The van der Waals surface area contributed by atoms with Gasteiger partial charge in [0.1, 0.15) is 11.1 Å². The van der Waals surface area contributed by atoms with Crippen molar-refractivity contribution in [2.24, 2.45) is 0 Å². The Morgan fingerprint density at radius 3 is 2.87 bits per heavy atom. The van der Waals surface area contributed by atoms with Crippen LogP contribution in [0.25, 0.3) is 0 Å². The van der Waals surface area contributed by atoms with E-state index in [4.69, 9.17) is 0 Å². The second kappa shape index (κ2) is 9.32. The summed E-state index contributed by atoms with van der Waals surface area (Å²) in [5.74, 6) is 0.739. The summed E-state index contributed by atoms with van der Waals surface area (Å²) < 4.78 is 0. The summed E-state index contributed by atoms with van der Waals surface area (Å²) in [6.45, 7) is 5.67. The van der Waals surface area contributed by atoms with Crippen molar-refractivity contribution in [2.75, 3.05) is 18.0 Å². The minimum Gasteiger partial charge on any atom is -0.313 e. The Morgan fingerprint density at radius 1 is 1.27 bits per heavy atom. The molecule has 2 unspecified atom stereocenters. The molecular formula is C25H31N3OS. The fourth-order valence-corrected chi connectivity index (χ4v) is 6.46. The van der Waals surface area contributed by atoms with E-state index in [1.165, 1.54) is 34.4 Å². The molecular weight excluding hydrogens is 390 g/mol. The number of rotatable bonds is 7. The molecule has 1 aromatic heterocycles. The molecule has 0 radical (unpaired) electrons. The summed E-state index contributed by atoms with van der Waals surface area (Å²) in [7, 11) is 0. The zero-order chi connectivity index (χ0) is 21.1. The molecule has 158 valence electrons. The van der Waals surface area contributed by atoms with E-state index in [9.17, 15) is 10.1 Å². The first-order valence-corrected chi connectivity index (χ1v) is 12.1. The van der Waals surface area contributed by atoms with E-state index >= 15 is 0 Å². The number of nitrogens with one attached hydrogen (secondary N) is 1. The number of nitriles is 1. The Hall–Kier alpha value is -2.16. The Balaban J connectivity index is 1.46. The van der Waals surface area contributed by atoms with Gasteiger partial charge in [0.25, 0.3) is 0 Å². The van der Waals surface area contributed by atoms with E-state index in [1.807, 2.05) is 18.7 Å². The fraction of sp³-hybridized carbons (Fsp3) is 0.520. The number of nitrogens with zero attached hydrogens (tertiary/aromatic N) is 2. The standard InChI is InChI=1S/C25H31N3OS/c1-3-7-24(29)28(4-2)25-22(15-26)21-13-12-19(14-23(21)30-25)27-16-18-11-10-17-8-5-6-9-20(17)18/h5-6,8-9,18-19,27H,3-4,7,10-14,16H2,1-2H3. The van der Waals surface area contributed by atoms with E-state index in [2.05, 4.69) is 35.7 Å². The molecule has 1 amide bonds. The number of carbonyl (C=O) groups is 1. The smallest absolute Gasteiger partial charge is 0.227 e. The molecule has 5 heteroatoms. The van der Waals surface area contributed by atoms with Crippen molar-refractivity contribution in [1.82, 2.24) is 5.32 Å². The number of fused-ring (bicyclic) bond motifs is 2. The second-order valence-corrected chi connectivity index (χ2v) is 9.55. The van der Waals surface area contributed by atoms with Gasteiger partial charge in [0.2, 0.25) is 5.91 Å². The van der Waals surface area contributed by atoms with Crippen LogP contribution < -0.4 is 10.2 Å². The first-order valence-electron chi connectivity index (χ1n) is 11.3. The Morgan fingerprint density at radius 2 is 2.10 bits per heavy atom. The summed E-state index contributed by atoms with van der Waals surface area (Å²) in [5.41, 5.74) is 4.95. The van der Waals surface area contributed by atoms with Gasteiger partial charge in [-0.05, 0) is 68.1 Å². The monoisotopic (exact) mass is 421 g/mol. The molecule has 1 aromatic carbocycles. The van der Waals surface area contributed by atoms with Crippen molar-refractivity contribution in [3.8, 4) is 6.07 Å². The molecule has 4 rings (SSSR count). The largest absolute Gasteiger partial charge is 0.313 e. The third-order valence-corrected chi connectivity index (χ3v) is 7.87. The molecule has 0 bridgehead atoms. The van der Waals surface area contributed by atoms with Crippen molar-refractivity contribution in [2.45, 2.75) is 70.8 Å². The summed E-state index contributed by atoms with van der Waals surface area (Å²) in [6.07, 6.45) is 6.73. The number of carbonyl (C=O) groups excluding carboxylic acids is 1. The Kier molecular flexibility index (Phi) is 6.55. The van der Waals surface area contributed by atoms with Crippen LogP contribution in [0.1, 0.15) is 72.6 Å². The van der Waals surface area contributed by atoms with E-state index in [-0.39, 0.29) is 5.91 Å². The van der Waals surface area contributed by atoms with Crippen LogP contribution in [0.3, 0.4) is 0 Å². The zero-order valence-corrected chi connectivity index (χ0v) is 18.9. The van der Waals surface area contributed by atoms with Crippen LogP contribution in [0.4, 0.5) is 5.00 Å². The fourth-order valence-electron chi connectivity index (χ4n) is 5.00. The van der Waals surface area contributed by atoms with Gasteiger partial charge >= 0.3 is 0 Å². The first-order chi connectivity index (χ1) is 14.7. The SMILES string of the molecule is CCCC(=O)N(CC)c1sc2c(c1C#N)CCC(NCC1CCc3ccccc31)C2. The van der Waals surface area contributed by atoms with Crippen LogP contribution in [0, 0.1) is 11.3 Å². The molecule has 2 aliphatic carbocycles. The minimum atomic E-state index is 0.129. The molecule has 4 nitrogen and oxygen atoms in total. The van der Waals surface area contributed by atoms with E-state index in [0.29, 0.717) is 24.9 Å². The molecule has 0 saturated carbocycles. The van der Waals surface area contributed by atoms with Crippen LogP contribution in [0.5, 0.6) is 0 Å². The molecule has 2 atom stereocenters. The second-order valence-electron chi connectivity index (χ2n) is 8.47. The molecule has 0 fully saturated rings. The number of thiophene rings is 1. The van der Waals surface area contributed by atoms with Crippen LogP contribution in [0.2, 0.25) is 0 Å². The van der Waals surface area contributed by atoms with E-state index < -0.39 is 0 Å². The average Bonchev–Trinajstić information content (AvgIpc) is 3.33. The van der Waals surface area contributed by atoms with Gasteiger partial charge in [-0.25, -0.2) is 0 Å². The predicted octanol–water partition coefficient (Wildman–Crippen LogP) is 4.95. The maximum Gasteiger partial charge on any atom is 0.227 e. The normalized spacial score (nSPS) is 19.8. The molecule has 0 spiro atoms. The zero-order valence-electron chi connectivity index (χ0n) is 18.0. The predicted molar refractivity (Wildman–Crippen MR) is 123 cm³/mol. The van der Waals surface area contributed by atoms with Crippen LogP contribution in [0.15, 0.2) is 24.3 Å². The Labute approximate surface area is 183 Å². The molecule has 1 heterocycles. The van der Waals surface area contributed by atoms with Crippen molar-refractivity contribution in [1.29, 1.82) is 5.26 Å². The molecule has 2 aliphatic rings. The number of benzene rings is 1. The average molecular weight is 422 g/mol. The summed E-state index contributed by atoms with van der Waals surface area (Å²) in [4.78, 5) is 15.7. The molecule has 2 aromatic rings. The van der Waals surface area contributed by atoms with Crippen LogP contribution in [-0.2, 0) is 24.1 Å². The van der Waals surface area contributed by atoms with Crippen molar-refractivity contribution in [3.63, 3.8) is 0 Å². The van der Waals surface area contributed by atoms with Gasteiger partial charge in [0.05, 0.1) is 5.56 Å². The number of amides is 1. The maximum atomic E-state index is 12.6. The number of hydrogen-bond acceptors (Lipinski definition) is 4.